The molecule has 1 aliphatic heterocycles. The van der Waals surface area contributed by atoms with E-state index in [0.29, 0.717) is 32.6 Å². The number of ether oxygens (including phenoxy) is 1. The summed E-state index contributed by atoms with van der Waals surface area (Å²) in [7, 11) is 0. The number of nitrogens with zero attached hydrogens (tertiary/aromatic N) is 2. The second-order valence-corrected chi connectivity index (χ2v) is 8.46. The molecule has 1 aromatic carbocycles. The van der Waals surface area contributed by atoms with Crippen molar-refractivity contribution in [1.82, 2.24) is 15.1 Å². The Bertz CT molecular complexity index is 710. The van der Waals surface area contributed by atoms with Crippen molar-refractivity contribution in [2.24, 2.45) is 0 Å². The van der Waals surface area contributed by atoms with E-state index in [1.807, 2.05) is 36.1 Å². The number of benzene rings is 1. The Morgan fingerprint density at radius 1 is 0.966 bits per heavy atom. The third-order valence-electron chi connectivity index (χ3n) is 4.68. The van der Waals surface area contributed by atoms with Crippen LogP contribution < -0.4 is 5.32 Å². The van der Waals surface area contributed by atoms with E-state index in [9.17, 15) is 14.4 Å². The van der Waals surface area contributed by atoms with Crippen LogP contribution in [0.4, 0.5) is 4.79 Å². The van der Waals surface area contributed by atoms with Gasteiger partial charge in [-0.1, -0.05) is 29.8 Å². The number of nitrogens with one attached hydrogen (secondary N) is 1. The van der Waals surface area contributed by atoms with Crippen LogP contribution in [0.25, 0.3) is 0 Å². The van der Waals surface area contributed by atoms with Crippen LogP contribution in [0.1, 0.15) is 44.7 Å². The summed E-state index contributed by atoms with van der Waals surface area (Å²) in [6, 6.07) is 7.99. The van der Waals surface area contributed by atoms with Gasteiger partial charge in [-0.25, -0.2) is 4.79 Å². The molecule has 0 atom stereocenters. The molecule has 1 aliphatic rings. The molecule has 0 radical (unpaired) electrons. The molecule has 1 heterocycles. The quantitative estimate of drug-likeness (QED) is 0.819. The molecule has 7 nitrogen and oxygen atoms in total. The fourth-order valence-electron chi connectivity index (χ4n) is 3.15. The number of rotatable bonds is 5. The number of alkyl carbamates (subject to hydrolysis) is 1. The lowest BCUT2D eigenvalue weighted by Crippen LogP contribution is -2.39. The topological polar surface area (TPSA) is 79.0 Å². The van der Waals surface area contributed by atoms with Gasteiger partial charge in [-0.05, 0) is 39.7 Å². The standard InChI is InChI=1S/C22H33N3O4/c1-17-6-8-18(9-7-17)16-20(27)25-13-5-12-24(14-15-25)19(26)10-11-23-21(28)29-22(2,3)4/h6-9H,5,10-16H2,1-4H3,(H,23,28). The summed E-state index contributed by atoms with van der Waals surface area (Å²) < 4.78 is 5.16. The van der Waals surface area contributed by atoms with Crippen LogP contribution in [0.2, 0.25) is 0 Å². The first-order valence-corrected chi connectivity index (χ1v) is 10.2. The Kier molecular flexibility index (Phi) is 8.05. The van der Waals surface area contributed by atoms with Gasteiger partial charge in [-0.3, -0.25) is 9.59 Å². The molecule has 0 aromatic heterocycles. The van der Waals surface area contributed by atoms with Crippen molar-refractivity contribution in [2.45, 2.75) is 52.6 Å². The first-order valence-electron chi connectivity index (χ1n) is 10.2. The molecule has 0 aliphatic carbocycles. The van der Waals surface area contributed by atoms with Gasteiger partial charge < -0.3 is 19.9 Å². The zero-order valence-electron chi connectivity index (χ0n) is 18.0. The zero-order chi connectivity index (χ0) is 21.4. The second-order valence-electron chi connectivity index (χ2n) is 8.46. The van der Waals surface area contributed by atoms with E-state index in [0.717, 1.165) is 12.0 Å². The van der Waals surface area contributed by atoms with E-state index in [1.54, 1.807) is 25.7 Å². The highest BCUT2D eigenvalue weighted by atomic mass is 16.6. The average molecular weight is 404 g/mol. The van der Waals surface area contributed by atoms with Crippen molar-refractivity contribution in [3.63, 3.8) is 0 Å². The third kappa shape index (κ3) is 8.13. The van der Waals surface area contributed by atoms with Crippen molar-refractivity contribution in [3.8, 4) is 0 Å². The highest BCUT2D eigenvalue weighted by Gasteiger charge is 2.22. The van der Waals surface area contributed by atoms with E-state index in [4.69, 9.17) is 4.74 Å². The fraction of sp³-hybridized carbons (Fsp3) is 0.591. The lowest BCUT2D eigenvalue weighted by Gasteiger charge is -2.23. The Labute approximate surface area is 173 Å². The fourth-order valence-corrected chi connectivity index (χ4v) is 3.15. The van der Waals surface area contributed by atoms with Gasteiger partial charge in [0.25, 0.3) is 0 Å². The summed E-state index contributed by atoms with van der Waals surface area (Å²) in [5.41, 5.74) is 1.62. The third-order valence-corrected chi connectivity index (χ3v) is 4.68. The predicted molar refractivity (Wildman–Crippen MR) is 112 cm³/mol. The molecule has 2 rings (SSSR count). The van der Waals surface area contributed by atoms with Crippen molar-refractivity contribution in [2.75, 3.05) is 32.7 Å². The van der Waals surface area contributed by atoms with Gasteiger partial charge in [0.15, 0.2) is 0 Å². The summed E-state index contributed by atoms with van der Waals surface area (Å²) in [6.07, 6.45) is 0.837. The molecule has 0 saturated carbocycles. The largest absolute Gasteiger partial charge is 0.444 e. The molecular weight excluding hydrogens is 370 g/mol. The number of aryl methyl sites for hydroxylation is 1. The maximum absolute atomic E-state index is 12.6. The van der Waals surface area contributed by atoms with Gasteiger partial charge in [0, 0.05) is 39.1 Å². The molecule has 0 unspecified atom stereocenters. The van der Waals surface area contributed by atoms with Crippen LogP contribution in [0.3, 0.4) is 0 Å². The van der Waals surface area contributed by atoms with E-state index in [-0.39, 0.29) is 24.8 Å². The summed E-state index contributed by atoms with van der Waals surface area (Å²) in [4.78, 5) is 40.3. The Morgan fingerprint density at radius 3 is 2.14 bits per heavy atom. The molecule has 7 heteroatoms. The number of carbonyl (C=O) groups is 3. The van der Waals surface area contributed by atoms with Crippen molar-refractivity contribution >= 4 is 17.9 Å². The predicted octanol–water partition coefficient (Wildman–Crippen LogP) is 2.51. The lowest BCUT2D eigenvalue weighted by atomic mass is 10.1. The first-order chi connectivity index (χ1) is 13.6. The Morgan fingerprint density at radius 2 is 1.55 bits per heavy atom. The Balaban J connectivity index is 1.75. The highest BCUT2D eigenvalue weighted by Crippen LogP contribution is 2.10. The highest BCUT2D eigenvalue weighted by molar-refractivity contribution is 5.79. The van der Waals surface area contributed by atoms with Crippen LogP contribution in [0, 0.1) is 6.92 Å². The van der Waals surface area contributed by atoms with Crippen LogP contribution in [-0.2, 0) is 20.7 Å². The minimum atomic E-state index is -0.562. The minimum Gasteiger partial charge on any atom is -0.444 e. The van der Waals surface area contributed by atoms with Crippen LogP contribution in [0.5, 0.6) is 0 Å². The molecule has 0 bridgehead atoms. The Hall–Kier alpha value is -2.57. The molecule has 1 N–H and O–H groups in total. The molecule has 3 amide bonds. The first kappa shape index (κ1) is 22.7. The maximum Gasteiger partial charge on any atom is 0.407 e. The number of hydrogen-bond acceptors (Lipinski definition) is 4. The van der Waals surface area contributed by atoms with E-state index >= 15 is 0 Å². The van der Waals surface area contributed by atoms with E-state index in [1.165, 1.54) is 5.56 Å². The monoisotopic (exact) mass is 403 g/mol. The molecule has 1 saturated heterocycles. The van der Waals surface area contributed by atoms with Gasteiger partial charge in [0.1, 0.15) is 5.60 Å². The molecule has 1 fully saturated rings. The summed E-state index contributed by atoms with van der Waals surface area (Å²) in [6.45, 7) is 9.98. The molecule has 1 aromatic rings. The maximum atomic E-state index is 12.6. The molecule has 160 valence electrons. The number of amides is 3. The van der Waals surface area contributed by atoms with Crippen LogP contribution in [-0.4, -0.2) is 66.0 Å². The van der Waals surface area contributed by atoms with Gasteiger partial charge in [-0.2, -0.15) is 0 Å². The van der Waals surface area contributed by atoms with Crippen molar-refractivity contribution in [1.29, 1.82) is 0 Å². The van der Waals surface area contributed by atoms with Gasteiger partial charge in [0.2, 0.25) is 11.8 Å². The van der Waals surface area contributed by atoms with Crippen molar-refractivity contribution < 1.29 is 19.1 Å². The average Bonchev–Trinajstić information content (AvgIpc) is 2.88. The summed E-state index contributed by atoms with van der Waals surface area (Å²) in [5, 5.41) is 2.61. The van der Waals surface area contributed by atoms with Gasteiger partial charge >= 0.3 is 6.09 Å². The molecule has 29 heavy (non-hydrogen) atoms. The van der Waals surface area contributed by atoms with Crippen LogP contribution >= 0.6 is 0 Å². The van der Waals surface area contributed by atoms with Gasteiger partial charge in [0.05, 0.1) is 6.42 Å². The minimum absolute atomic E-state index is 0.0195. The zero-order valence-corrected chi connectivity index (χ0v) is 18.0. The lowest BCUT2D eigenvalue weighted by molar-refractivity contribution is -0.133. The van der Waals surface area contributed by atoms with Gasteiger partial charge in [-0.15, -0.1) is 0 Å². The van der Waals surface area contributed by atoms with E-state index in [2.05, 4.69) is 5.32 Å². The molecular formula is C22H33N3O4. The SMILES string of the molecule is Cc1ccc(CC(=O)N2CCCN(C(=O)CCNC(=O)OC(C)(C)C)CC2)cc1. The summed E-state index contributed by atoms with van der Waals surface area (Å²) in [5.74, 6) is 0.0728. The van der Waals surface area contributed by atoms with E-state index < -0.39 is 11.7 Å². The molecule has 0 spiro atoms. The number of hydrogen-bond donors (Lipinski definition) is 1. The smallest absolute Gasteiger partial charge is 0.407 e. The second kappa shape index (κ2) is 10.3. The summed E-state index contributed by atoms with van der Waals surface area (Å²) >= 11 is 0. The number of carbonyl (C=O) groups excluding carboxylic acids is 3. The van der Waals surface area contributed by atoms with Crippen LogP contribution in [0.15, 0.2) is 24.3 Å². The normalized spacial score (nSPS) is 14.9. The van der Waals surface area contributed by atoms with Crippen molar-refractivity contribution in [3.05, 3.63) is 35.4 Å².